The van der Waals surface area contributed by atoms with Gasteiger partial charge in [0.2, 0.25) is 0 Å². The largest absolute Gasteiger partial charge is 0.236 e. The van der Waals surface area contributed by atoms with Gasteiger partial charge in [0.1, 0.15) is 5.01 Å². The molecule has 0 saturated heterocycles. The number of benzene rings is 2. The van der Waals surface area contributed by atoms with Crippen molar-refractivity contribution >= 4 is 21.6 Å². The minimum absolute atomic E-state index is 1.10. The smallest absolute Gasteiger partial charge is 0.124 e. The Labute approximate surface area is 98.4 Å². The summed E-state index contributed by atoms with van der Waals surface area (Å²) in [7, 11) is 0. The van der Waals surface area contributed by atoms with Crippen LogP contribution in [0.5, 0.6) is 0 Å². The number of rotatable bonds is 1. The second kappa shape index (κ2) is 3.72. The van der Waals surface area contributed by atoms with Crippen molar-refractivity contribution in [2.75, 3.05) is 0 Å². The topological polar surface area (TPSA) is 12.9 Å². The van der Waals surface area contributed by atoms with Gasteiger partial charge in [0.25, 0.3) is 0 Å². The maximum atomic E-state index is 4.66. The summed E-state index contributed by atoms with van der Waals surface area (Å²) >= 11 is 1.77. The summed E-state index contributed by atoms with van der Waals surface area (Å²) in [4.78, 5) is 4.66. The van der Waals surface area contributed by atoms with E-state index >= 15 is 0 Å². The molecule has 1 aromatic heterocycles. The molecule has 0 aliphatic heterocycles. The highest BCUT2D eigenvalue weighted by atomic mass is 32.1. The molecule has 16 heavy (non-hydrogen) atoms. The summed E-state index contributed by atoms with van der Waals surface area (Å²) in [5, 5.41) is 1.10. The zero-order valence-corrected chi connectivity index (χ0v) is 9.79. The normalized spacial score (nSPS) is 10.8. The summed E-state index contributed by atoms with van der Waals surface area (Å²) in [5.74, 6) is 0. The van der Waals surface area contributed by atoms with Crippen molar-refractivity contribution in [3.63, 3.8) is 0 Å². The van der Waals surface area contributed by atoms with Crippen molar-refractivity contribution < 1.29 is 0 Å². The van der Waals surface area contributed by atoms with Crippen molar-refractivity contribution in [2.45, 2.75) is 6.92 Å². The minimum atomic E-state index is 1.10. The molecule has 0 aliphatic carbocycles. The van der Waals surface area contributed by atoms with E-state index in [4.69, 9.17) is 0 Å². The molecule has 0 amide bonds. The molecule has 0 spiro atoms. The summed E-state index contributed by atoms with van der Waals surface area (Å²) in [6.07, 6.45) is 0. The van der Waals surface area contributed by atoms with Crippen LogP contribution in [0.15, 0.2) is 48.5 Å². The molecular formula is C14H11NS. The first-order valence-corrected chi connectivity index (χ1v) is 6.08. The van der Waals surface area contributed by atoms with Crippen LogP contribution in [0.4, 0.5) is 0 Å². The van der Waals surface area contributed by atoms with Gasteiger partial charge in [0.05, 0.1) is 10.2 Å². The standard InChI is InChI=1S/C14H11NS/c1-10-6-5-9-12-13(10)16-14(15-12)11-7-3-2-4-8-11/h2-9H,1H3. The van der Waals surface area contributed by atoms with Crippen LogP contribution in [0.25, 0.3) is 20.8 Å². The Morgan fingerprint density at radius 1 is 0.938 bits per heavy atom. The van der Waals surface area contributed by atoms with Gasteiger partial charge < -0.3 is 0 Å². The van der Waals surface area contributed by atoms with Crippen molar-refractivity contribution in [3.05, 3.63) is 54.1 Å². The third kappa shape index (κ3) is 1.51. The Balaban J connectivity index is 2.23. The fourth-order valence-electron chi connectivity index (χ4n) is 1.79. The minimum Gasteiger partial charge on any atom is -0.236 e. The number of fused-ring (bicyclic) bond motifs is 1. The molecule has 0 saturated carbocycles. The van der Waals surface area contributed by atoms with Gasteiger partial charge in [0.15, 0.2) is 0 Å². The molecule has 3 rings (SSSR count). The van der Waals surface area contributed by atoms with Crippen LogP contribution >= 0.6 is 11.3 Å². The lowest BCUT2D eigenvalue weighted by atomic mass is 10.2. The molecule has 2 heteroatoms. The molecule has 78 valence electrons. The van der Waals surface area contributed by atoms with Crippen LogP contribution in [0.3, 0.4) is 0 Å². The average Bonchev–Trinajstić information content (AvgIpc) is 2.76. The monoisotopic (exact) mass is 225 g/mol. The van der Waals surface area contributed by atoms with Crippen LogP contribution in [0, 0.1) is 6.92 Å². The third-order valence-corrected chi connectivity index (χ3v) is 3.89. The molecular weight excluding hydrogens is 214 g/mol. The van der Waals surface area contributed by atoms with Crippen LogP contribution < -0.4 is 0 Å². The Kier molecular flexibility index (Phi) is 2.22. The van der Waals surface area contributed by atoms with Crippen molar-refractivity contribution in [3.8, 4) is 10.6 Å². The predicted octanol–water partition coefficient (Wildman–Crippen LogP) is 4.27. The Hall–Kier alpha value is -1.67. The molecule has 2 aromatic carbocycles. The number of thiazole rings is 1. The number of nitrogens with zero attached hydrogens (tertiary/aromatic N) is 1. The SMILES string of the molecule is Cc1cccc2nc(-c3ccccc3)sc12. The van der Waals surface area contributed by atoms with E-state index in [0.717, 1.165) is 10.5 Å². The Morgan fingerprint density at radius 2 is 1.75 bits per heavy atom. The van der Waals surface area contributed by atoms with Gasteiger partial charge in [-0.05, 0) is 18.6 Å². The third-order valence-electron chi connectivity index (χ3n) is 2.63. The van der Waals surface area contributed by atoms with Crippen molar-refractivity contribution in [2.24, 2.45) is 0 Å². The van der Waals surface area contributed by atoms with Crippen LogP contribution in [0.2, 0.25) is 0 Å². The molecule has 0 fully saturated rings. The van der Waals surface area contributed by atoms with Crippen molar-refractivity contribution in [1.82, 2.24) is 4.98 Å². The first-order chi connectivity index (χ1) is 7.84. The fraction of sp³-hybridized carbons (Fsp3) is 0.0714. The molecule has 0 radical (unpaired) electrons. The lowest BCUT2D eigenvalue weighted by molar-refractivity contribution is 1.46. The molecule has 1 heterocycles. The molecule has 0 atom stereocenters. The Morgan fingerprint density at radius 3 is 2.50 bits per heavy atom. The number of aryl methyl sites for hydroxylation is 1. The van der Waals surface area contributed by atoms with Gasteiger partial charge in [0, 0.05) is 5.56 Å². The summed E-state index contributed by atoms with van der Waals surface area (Å²) in [6, 6.07) is 16.6. The first kappa shape index (κ1) is 9.55. The van der Waals surface area contributed by atoms with Gasteiger partial charge in [-0.15, -0.1) is 11.3 Å². The van der Waals surface area contributed by atoms with E-state index in [1.807, 2.05) is 18.2 Å². The van der Waals surface area contributed by atoms with Crippen LogP contribution in [-0.4, -0.2) is 4.98 Å². The van der Waals surface area contributed by atoms with E-state index in [-0.39, 0.29) is 0 Å². The quantitative estimate of drug-likeness (QED) is 0.602. The van der Waals surface area contributed by atoms with E-state index in [9.17, 15) is 0 Å². The zero-order chi connectivity index (χ0) is 11.0. The van der Waals surface area contributed by atoms with E-state index < -0.39 is 0 Å². The van der Waals surface area contributed by atoms with Gasteiger partial charge in [-0.3, -0.25) is 0 Å². The maximum absolute atomic E-state index is 4.66. The van der Waals surface area contributed by atoms with Crippen molar-refractivity contribution in [1.29, 1.82) is 0 Å². The lowest BCUT2D eigenvalue weighted by Crippen LogP contribution is -1.74. The average molecular weight is 225 g/mol. The van der Waals surface area contributed by atoms with Crippen LogP contribution in [-0.2, 0) is 0 Å². The first-order valence-electron chi connectivity index (χ1n) is 5.26. The van der Waals surface area contributed by atoms with E-state index in [1.54, 1.807) is 11.3 Å². The highest BCUT2D eigenvalue weighted by molar-refractivity contribution is 7.21. The van der Waals surface area contributed by atoms with E-state index in [1.165, 1.54) is 15.8 Å². The zero-order valence-electron chi connectivity index (χ0n) is 8.97. The van der Waals surface area contributed by atoms with Gasteiger partial charge >= 0.3 is 0 Å². The second-order valence-corrected chi connectivity index (χ2v) is 4.81. The second-order valence-electron chi connectivity index (χ2n) is 3.81. The molecule has 3 aromatic rings. The summed E-state index contributed by atoms with van der Waals surface area (Å²) in [6.45, 7) is 2.13. The number of hydrogen-bond acceptors (Lipinski definition) is 2. The number of aromatic nitrogens is 1. The maximum Gasteiger partial charge on any atom is 0.124 e. The highest BCUT2D eigenvalue weighted by Crippen LogP contribution is 2.31. The fourth-order valence-corrected chi connectivity index (χ4v) is 2.83. The molecule has 0 unspecified atom stereocenters. The Bertz CT molecular complexity index is 626. The molecule has 1 nitrogen and oxygen atoms in total. The lowest BCUT2D eigenvalue weighted by Gasteiger charge is -1.92. The van der Waals surface area contributed by atoms with Gasteiger partial charge in [-0.25, -0.2) is 4.98 Å². The van der Waals surface area contributed by atoms with Crippen LogP contribution in [0.1, 0.15) is 5.56 Å². The molecule has 0 bridgehead atoms. The summed E-state index contributed by atoms with van der Waals surface area (Å²) in [5.41, 5.74) is 3.60. The highest BCUT2D eigenvalue weighted by Gasteiger charge is 2.06. The molecule has 0 aliphatic rings. The molecule has 0 N–H and O–H groups in total. The van der Waals surface area contributed by atoms with Gasteiger partial charge in [-0.1, -0.05) is 42.5 Å². The van der Waals surface area contributed by atoms with E-state index in [0.29, 0.717) is 0 Å². The number of hydrogen-bond donors (Lipinski definition) is 0. The predicted molar refractivity (Wildman–Crippen MR) is 69.8 cm³/mol. The van der Waals surface area contributed by atoms with E-state index in [2.05, 4.69) is 42.2 Å². The van der Waals surface area contributed by atoms with Gasteiger partial charge in [-0.2, -0.15) is 0 Å². The summed E-state index contributed by atoms with van der Waals surface area (Å²) < 4.78 is 1.29.